The zero-order valence-electron chi connectivity index (χ0n) is 13.1. The number of hydrazone groups is 1. The summed E-state index contributed by atoms with van der Waals surface area (Å²) in [4.78, 5) is 4.32. The van der Waals surface area contributed by atoms with E-state index in [1.54, 1.807) is 30.0 Å². The van der Waals surface area contributed by atoms with E-state index in [2.05, 4.69) is 44.8 Å². The van der Waals surface area contributed by atoms with E-state index in [1.165, 1.54) is 17.3 Å². The van der Waals surface area contributed by atoms with E-state index in [-0.39, 0.29) is 5.75 Å². The molecule has 3 rings (SSSR count). The topological polar surface area (TPSA) is 86.2 Å². The number of phenols is 1. The third-order valence-electron chi connectivity index (χ3n) is 3.39. The third kappa shape index (κ3) is 4.14. The van der Waals surface area contributed by atoms with Crippen molar-refractivity contribution in [2.24, 2.45) is 5.10 Å². The molecule has 0 radical (unpaired) electrons. The van der Waals surface area contributed by atoms with Crippen LogP contribution < -0.4 is 5.43 Å². The molecule has 122 valence electrons. The molecule has 2 aromatic carbocycles. The number of hydrogen-bond donors (Lipinski definition) is 3. The second-order valence-electron chi connectivity index (χ2n) is 5.11. The Hall–Kier alpha value is -2.80. The summed E-state index contributed by atoms with van der Waals surface area (Å²) >= 11 is 1.56. The average Bonchev–Trinajstić information content (AvgIpc) is 3.04. The van der Waals surface area contributed by atoms with Crippen molar-refractivity contribution < 1.29 is 5.11 Å². The smallest absolute Gasteiger partial charge is 0.240 e. The van der Waals surface area contributed by atoms with Gasteiger partial charge in [-0.05, 0) is 30.2 Å². The summed E-state index contributed by atoms with van der Waals surface area (Å²) in [5.74, 6) is 1.44. The van der Waals surface area contributed by atoms with Crippen LogP contribution in [0.25, 0.3) is 0 Å². The lowest BCUT2D eigenvalue weighted by Gasteiger charge is -2.02. The first-order chi connectivity index (χ1) is 11.7. The van der Waals surface area contributed by atoms with Crippen LogP contribution in [-0.4, -0.2) is 26.5 Å². The molecule has 0 unspecified atom stereocenters. The molecule has 0 saturated heterocycles. The highest BCUT2D eigenvalue weighted by Crippen LogP contribution is 2.21. The first-order valence-electron chi connectivity index (χ1n) is 7.39. The Balaban J connectivity index is 1.56. The lowest BCUT2D eigenvalue weighted by Crippen LogP contribution is -1.92. The predicted octanol–water partition coefficient (Wildman–Crippen LogP) is 3.56. The van der Waals surface area contributed by atoms with Crippen molar-refractivity contribution in [2.45, 2.75) is 17.8 Å². The van der Waals surface area contributed by atoms with Crippen LogP contribution in [-0.2, 0) is 5.75 Å². The van der Waals surface area contributed by atoms with Gasteiger partial charge in [0, 0.05) is 11.3 Å². The van der Waals surface area contributed by atoms with Crippen LogP contribution in [0.4, 0.5) is 5.95 Å². The Bertz CT molecular complexity index is 846. The lowest BCUT2D eigenvalue weighted by molar-refractivity contribution is 0.474. The first-order valence-corrected chi connectivity index (χ1v) is 8.38. The molecule has 1 heterocycles. The minimum atomic E-state index is 0.176. The fourth-order valence-electron chi connectivity index (χ4n) is 2.03. The summed E-state index contributed by atoms with van der Waals surface area (Å²) in [6, 6.07) is 15.2. The van der Waals surface area contributed by atoms with Crippen molar-refractivity contribution in [1.82, 2.24) is 15.2 Å². The lowest BCUT2D eigenvalue weighted by atomic mass is 10.1. The molecule has 0 bridgehead atoms. The van der Waals surface area contributed by atoms with Crippen molar-refractivity contribution in [3.05, 3.63) is 65.2 Å². The number of rotatable bonds is 6. The van der Waals surface area contributed by atoms with Crippen LogP contribution in [0.15, 0.2) is 58.8 Å². The number of aromatic hydroxyl groups is 1. The van der Waals surface area contributed by atoms with Gasteiger partial charge in [0.2, 0.25) is 11.1 Å². The Morgan fingerprint density at radius 1 is 1.21 bits per heavy atom. The maximum atomic E-state index is 9.65. The van der Waals surface area contributed by atoms with Gasteiger partial charge in [-0.1, -0.05) is 48.2 Å². The van der Waals surface area contributed by atoms with Crippen LogP contribution in [0.2, 0.25) is 0 Å². The zero-order valence-corrected chi connectivity index (χ0v) is 13.9. The Labute approximate surface area is 144 Å². The van der Waals surface area contributed by atoms with Gasteiger partial charge in [0.05, 0.1) is 6.21 Å². The maximum absolute atomic E-state index is 9.65. The van der Waals surface area contributed by atoms with Crippen molar-refractivity contribution in [2.75, 3.05) is 5.43 Å². The van der Waals surface area contributed by atoms with Gasteiger partial charge in [-0.15, -0.1) is 5.10 Å². The van der Waals surface area contributed by atoms with Crippen molar-refractivity contribution in [3.63, 3.8) is 0 Å². The van der Waals surface area contributed by atoms with E-state index in [0.29, 0.717) is 16.7 Å². The summed E-state index contributed by atoms with van der Waals surface area (Å²) in [6.07, 6.45) is 1.53. The molecule has 0 saturated carbocycles. The molecule has 0 spiro atoms. The average molecular weight is 339 g/mol. The van der Waals surface area contributed by atoms with Crippen LogP contribution in [0.5, 0.6) is 5.75 Å². The second-order valence-corrected chi connectivity index (χ2v) is 6.05. The van der Waals surface area contributed by atoms with E-state index in [4.69, 9.17) is 0 Å². The number of phenolic OH excluding ortho intramolecular Hbond substituents is 1. The fraction of sp³-hybridized carbons (Fsp3) is 0.118. The maximum Gasteiger partial charge on any atom is 0.240 e. The molecular weight excluding hydrogens is 322 g/mol. The number of aromatic amines is 1. The standard InChI is InChI=1S/C17H17N5OS/c1-12-6-2-3-8-14(12)11-24-17-19-16(21-22-17)20-18-10-13-7-4-5-9-15(13)23/h2-10,23H,11H2,1H3,(H2,19,20,21,22)/b18-10-. The number of aryl methyl sites for hydroxylation is 1. The second kappa shape index (κ2) is 7.65. The van der Waals surface area contributed by atoms with Gasteiger partial charge in [-0.3, -0.25) is 0 Å². The highest BCUT2D eigenvalue weighted by Gasteiger charge is 2.05. The highest BCUT2D eigenvalue weighted by molar-refractivity contribution is 7.98. The number of hydrogen-bond acceptors (Lipinski definition) is 6. The van der Waals surface area contributed by atoms with Gasteiger partial charge >= 0.3 is 0 Å². The van der Waals surface area contributed by atoms with Gasteiger partial charge in [0.15, 0.2) is 0 Å². The van der Waals surface area contributed by atoms with Crippen molar-refractivity contribution >= 4 is 23.9 Å². The number of anilines is 1. The monoisotopic (exact) mass is 339 g/mol. The Kier molecular flexibility index (Phi) is 5.12. The minimum absolute atomic E-state index is 0.176. The molecule has 0 aliphatic rings. The molecular formula is C17H17N5OS. The van der Waals surface area contributed by atoms with E-state index in [1.807, 2.05) is 18.2 Å². The molecule has 3 N–H and O–H groups in total. The molecule has 0 fully saturated rings. The van der Waals surface area contributed by atoms with Gasteiger partial charge < -0.3 is 5.11 Å². The summed E-state index contributed by atoms with van der Waals surface area (Å²) in [6.45, 7) is 2.09. The van der Waals surface area contributed by atoms with Crippen LogP contribution in [0.1, 0.15) is 16.7 Å². The number of H-pyrrole nitrogens is 1. The van der Waals surface area contributed by atoms with E-state index in [0.717, 1.165) is 5.75 Å². The molecule has 0 aliphatic carbocycles. The molecule has 24 heavy (non-hydrogen) atoms. The van der Waals surface area contributed by atoms with Crippen LogP contribution in [0, 0.1) is 6.92 Å². The van der Waals surface area contributed by atoms with Gasteiger partial charge in [0.1, 0.15) is 5.75 Å². The number of thioether (sulfide) groups is 1. The summed E-state index contributed by atoms with van der Waals surface area (Å²) in [7, 11) is 0. The van der Waals surface area contributed by atoms with Gasteiger partial charge in [-0.2, -0.15) is 10.1 Å². The number of para-hydroxylation sites is 1. The molecule has 7 heteroatoms. The molecule has 0 amide bonds. The highest BCUT2D eigenvalue weighted by atomic mass is 32.2. The number of nitrogens with one attached hydrogen (secondary N) is 2. The van der Waals surface area contributed by atoms with Crippen molar-refractivity contribution in [3.8, 4) is 5.75 Å². The molecule has 6 nitrogen and oxygen atoms in total. The SMILES string of the molecule is Cc1ccccc1CSc1n[nH]c(N/N=C\c2ccccc2O)n1. The minimum Gasteiger partial charge on any atom is -0.507 e. The Morgan fingerprint density at radius 3 is 2.83 bits per heavy atom. The fourth-order valence-corrected chi connectivity index (χ4v) is 2.91. The first kappa shape index (κ1) is 16.1. The molecule has 1 aromatic heterocycles. The van der Waals surface area contributed by atoms with Crippen molar-refractivity contribution in [1.29, 1.82) is 0 Å². The van der Waals surface area contributed by atoms with Crippen LogP contribution >= 0.6 is 11.8 Å². The zero-order chi connectivity index (χ0) is 16.8. The summed E-state index contributed by atoms with van der Waals surface area (Å²) in [5, 5.41) is 21.3. The quantitative estimate of drug-likeness (QED) is 0.363. The van der Waals surface area contributed by atoms with E-state index in [9.17, 15) is 5.11 Å². The molecule has 3 aromatic rings. The molecule has 0 atom stereocenters. The summed E-state index contributed by atoms with van der Waals surface area (Å²) in [5.41, 5.74) is 5.91. The number of benzene rings is 2. The number of nitrogens with zero attached hydrogens (tertiary/aromatic N) is 3. The predicted molar refractivity (Wildman–Crippen MR) is 96.4 cm³/mol. The van der Waals surface area contributed by atoms with Crippen LogP contribution in [0.3, 0.4) is 0 Å². The largest absolute Gasteiger partial charge is 0.507 e. The summed E-state index contributed by atoms with van der Waals surface area (Å²) < 4.78 is 0. The third-order valence-corrected chi connectivity index (χ3v) is 4.29. The van der Waals surface area contributed by atoms with Gasteiger partial charge in [-0.25, -0.2) is 10.5 Å². The number of aromatic nitrogens is 3. The van der Waals surface area contributed by atoms with E-state index < -0.39 is 0 Å². The molecule has 0 aliphatic heterocycles. The normalized spacial score (nSPS) is 11.0. The van der Waals surface area contributed by atoms with Gasteiger partial charge in [0.25, 0.3) is 0 Å². The van der Waals surface area contributed by atoms with E-state index >= 15 is 0 Å². The Morgan fingerprint density at radius 2 is 2.00 bits per heavy atom.